The lowest BCUT2D eigenvalue weighted by Crippen LogP contribution is -2.09. The van der Waals surface area contributed by atoms with Gasteiger partial charge in [-0.2, -0.15) is 0 Å². The van der Waals surface area contributed by atoms with Crippen molar-refractivity contribution in [3.63, 3.8) is 0 Å². The van der Waals surface area contributed by atoms with Gasteiger partial charge in [0.05, 0.1) is 0 Å². The summed E-state index contributed by atoms with van der Waals surface area (Å²) >= 11 is 0. The van der Waals surface area contributed by atoms with E-state index in [2.05, 4.69) is 223 Å². The molecule has 0 radical (unpaired) electrons. The van der Waals surface area contributed by atoms with Crippen LogP contribution in [0.2, 0.25) is 0 Å². The number of furan rings is 1. The van der Waals surface area contributed by atoms with E-state index in [1.165, 1.54) is 44.5 Å². The average molecular weight is 742 g/mol. The molecule has 10 aromatic rings. The molecule has 0 unspecified atom stereocenters. The van der Waals surface area contributed by atoms with Crippen molar-refractivity contribution in [3.8, 4) is 67.0 Å². The Morgan fingerprint density at radius 1 is 0.259 bits per heavy atom. The summed E-state index contributed by atoms with van der Waals surface area (Å²) in [4.78, 5) is 2.34. The number of benzene rings is 9. The predicted molar refractivity (Wildman–Crippen MR) is 244 cm³/mol. The van der Waals surface area contributed by atoms with E-state index in [0.717, 1.165) is 50.5 Å². The quantitative estimate of drug-likeness (QED) is 0.146. The monoisotopic (exact) mass is 741 g/mol. The average Bonchev–Trinajstić information content (AvgIpc) is 3.75. The largest absolute Gasteiger partial charge is 0.456 e. The van der Waals surface area contributed by atoms with Crippen molar-refractivity contribution >= 4 is 28.0 Å². The van der Waals surface area contributed by atoms with Gasteiger partial charge in [0.25, 0.3) is 0 Å². The lowest BCUT2D eigenvalue weighted by atomic mass is 9.89. The fraction of sp³-hybridized carbons (Fsp3) is 0. The topological polar surface area (TPSA) is 16.4 Å². The number of para-hydroxylation sites is 1. The number of anilines is 3. The molecule has 274 valence electrons. The molecule has 1 heterocycles. The lowest BCUT2D eigenvalue weighted by Gasteiger charge is -2.26. The van der Waals surface area contributed by atoms with Gasteiger partial charge in [0.2, 0.25) is 0 Å². The summed E-state index contributed by atoms with van der Waals surface area (Å²) in [5.41, 5.74) is 17.1. The molecule has 0 N–H and O–H groups in total. The van der Waals surface area contributed by atoms with Gasteiger partial charge >= 0.3 is 0 Å². The third kappa shape index (κ3) is 6.78. The summed E-state index contributed by atoms with van der Waals surface area (Å²) in [6.45, 7) is 0. The second-order valence-electron chi connectivity index (χ2n) is 14.5. The Labute approximate surface area is 339 Å². The molecule has 9 aromatic carbocycles. The van der Waals surface area contributed by atoms with Gasteiger partial charge in [-0.05, 0) is 104 Å². The van der Waals surface area contributed by atoms with Crippen molar-refractivity contribution in [1.29, 1.82) is 0 Å². The Kier molecular flexibility index (Phi) is 9.27. The maximum atomic E-state index is 6.33. The molecule has 0 aliphatic rings. The molecule has 0 aliphatic carbocycles. The second-order valence-corrected chi connectivity index (χ2v) is 14.5. The molecule has 1 aromatic heterocycles. The summed E-state index contributed by atoms with van der Waals surface area (Å²) in [6.07, 6.45) is 0. The molecule has 0 spiro atoms. The number of hydrogen-bond acceptors (Lipinski definition) is 2. The minimum atomic E-state index is 0.867. The Morgan fingerprint density at radius 3 is 1.10 bits per heavy atom. The van der Waals surface area contributed by atoms with Crippen LogP contribution >= 0.6 is 0 Å². The van der Waals surface area contributed by atoms with E-state index in [4.69, 9.17) is 4.42 Å². The highest BCUT2D eigenvalue weighted by Gasteiger charge is 2.17. The van der Waals surface area contributed by atoms with Crippen LogP contribution in [0.15, 0.2) is 241 Å². The molecule has 2 nitrogen and oxygen atoms in total. The van der Waals surface area contributed by atoms with E-state index >= 15 is 0 Å². The van der Waals surface area contributed by atoms with Gasteiger partial charge in [-0.25, -0.2) is 0 Å². The summed E-state index contributed by atoms with van der Waals surface area (Å²) < 4.78 is 6.33. The zero-order valence-corrected chi connectivity index (χ0v) is 31.9. The minimum absolute atomic E-state index is 0.867. The first-order valence-corrected chi connectivity index (χ1v) is 19.8. The first-order chi connectivity index (χ1) is 28.8. The Balaban J connectivity index is 1.03. The molecule has 0 atom stereocenters. The van der Waals surface area contributed by atoms with Gasteiger partial charge in [-0.1, -0.05) is 188 Å². The summed E-state index contributed by atoms with van der Waals surface area (Å²) in [5, 5.41) is 1.10. The van der Waals surface area contributed by atoms with Gasteiger partial charge in [-0.15, -0.1) is 0 Å². The van der Waals surface area contributed by atoms with Gasteiger partial charge in [0.15, 0.2) is 0 Å². The Bertz CT molecular complexity index is 2930. The number of fused-ring (bicyclic) bond motifs is 1. The second kappa shape index (κ2) is 15.5. The molecule has 10 rings (SSSR count). The first kappa shape index (κ1) is 34.8. The van der Waals surface area contributed by atoms with Crippen LogP contribution in [-0.2, 0) is 0 Å². The number of rotatable bonds is 9. The maximum absolute atomic E-state index is 6.33. The smallest absolute Gasteiger partial charge is 0.136 e. The third-order valence-electron chi connectivity index (χ3n) is 11.0. The van der Waals surface area contributed by atoms with E-state index in [9.17, 15) is 0 Å². The zero-order valence-electron chi connectivity index (χ0n) is 31.9. The Hall–Kier alpha value is -7.68. The van der Waals surface area contributed by atoms with Gasteiger partial charge < -0.3 is 9.32 Å². The highest BCUT2D eigenvalue weighted by Crippen LogP contribution is 2.42. The van der Waals surface area contributed by atoms with Crippen LogP contribution < -0.4 is 4.90 Å². The molecular weight excluding hydrogens is 703 g/mol. The summed E-state index contributed by atoms with van der Waals surface area (Å²) in [7, 11) is 0. The molecule has 0 saturated heterocycles. The number of nitrogens with zero attached hydrogens (tertiary/aromatic N) is 1. The van der Waals surface area contributed by atoms with Crippen molar-refractivity contribution in [2.75, 3.05) is 4.90 Å². The number of hydrogen-bond donors (Lipinski definition) is 0. The van der Waals surface area contributed by atoms with E-state index in [-0.39, 0.29) is 0 Å². The van der Waals surface area contributed by atoms with Crippen LogP contribution in [0.4, 0.5) is 17.1 Å². The molecule has 58 heavy (non-hydrogen) atoms. The highest BCUT2D eigenvalue weighted by atomic mass is 16.3. The Morgan fingerprint density at radius 2 is 0.603 bits per heavy atom. The van der Waals surface area contributed by atoms with E-state index in [1.807, 2.05) is 18.2 Å². The molecule has 0 saturated carbocycles. The summed E-state index contributed by atoms with van der Waals surface area (Å²) in [6, 6.07) is 84.1. The van der Waals surface area contributed by atoms with Crippen LogP contribution in [0.3, 0.4) is 0 Å². The lowest BCUT2D eigenvalue weighted by molar-refractivity contribution is 0.632. The van der Waals surface area contributed by atoms with Crippen molar-refractivity contribution < 1.29 is 4.42 Å². The van der Waals surface area contributed by atoms with E-state index in [1.54, 1.807) is 0 Å². The van der Waals surface area contributed by atoms with Gasteiger partial charge in [0.1, 0.15) is 11.3 Å². The first-order valence-electron chi connectivity index (χ1n) is 19.8. The fourth-order valence-corrected chi connectivity index (χ4v) is 8.08. The maximum Gasteiger partial charge on any atom is 0.136 e. The fourth-order valence-electron chi connectivity index (χ4n) is 8.08. The minimum Gasteiger partial charge on any atom is -0.456 e. The molecule has 2 heteroatoms. The molecule has 0 amide bonds. The van der Waals surface area contributed by atoms with Crippen molar-refractivity contribution in [2.24, 2.45) is 0 Å². The molecular formula is C56H39NO. The summed E-state index contributed by atoms with van der Waals surface area (Å²) in [5.74, 6) is 0.867. The van der Waals surface area contributed by atoms with Crippen LogP contribution in [0, 0.1) is 0 Å². The van der Waals surface area contributed by atoms with Crippen LogP contribution in [0.5, 0.6) is 0 Å². The zero-order chi connectivity index (χ0) is 38.7. The van der Waals surface area contributed by atoms with Gasteiger partial charge in [0, 0.05) is 28.0 Å². The van der Waals surface area contributed by atoms with Crippen molar-refractivity contribution in [2.45, 2.75) is 0 Å². The van der Waals surface area contributed by atoms with Crippen LogP contribution in [0.25, 0.3) is 77.9 Å². The van der Waals surface area contributed by atoms with Gasteiger partial charge in [-0.3, -0.25) is 0 Å². The van der Waals surface area contributed by atoms with Crippen molar-refractivity contribution in [3.05, 3.63) is 237 Å². The van der Waals surface area contributed by atoms with E-state index < -0.39 is 0 Å². The third-order valence-corrected chi connectivity index (χ3v) is 11.0. The van der Waals surface area contributed by atoms with Crippen LogP contribution in [0.1, 0.15) is 0 Å². The van der Waals surface area contributed by atoms with Crippen molar-refractivity contribution in [1.82, 2.24) is 0 Å². The normalized spacial score (nSPS) is 11.1. The predicted octanol–water partition coefficient (Wildman–Crippen LogP) is 15.9. The molecule has 0 aliphatic heterocycles. The highest BCUT2D eigenvalue weighted by molar-refractivity contribution is 5.93. The van der Waals surface area contributed by atoms with E-state index in [0.29, 0.717) is 0 Å². The molecule has 0 fully saturated rings. The van der Waals surface area contributed by atoms with Crippen LogP contribution in [-0.4, -0.2) is 0 Å². The standard InChI is InChI=1S/C56H39NO/c1-3-15-40(16-4-1)41-27-33-46(34-28-41)57(48-37-31-44(32-38-48)51-22-10-13-25-54(51)56-39-45-19-7-14-26-55(45)58-56)47-35-29-43(30-36-47)50-21-9-12-24-53(50)52-23-11-8-20-49(52)42-17-5-2-6-18-42/h1-39H. The SMILES string of the molecule is c1ccc(-c2ccc(N(c3ccc(-c4ccccc4-c4cc5ccccc5o4)cc3)c3ccc(-c4ccccc4-c4ccccc4-c4ccccc4)cc3)cc2)cc1. The molecule has 0 bridgehead atoms.